The van der Waals surface area contributed by atoms with E-state index in [9.17, 15) is 14.7 Å². The van der Waals surface area contributed by atoms with Crippen LogP contribution in [-0.4, -0.2) is 32.8 Å². The third-order valence-corrected chi connectivity index (χ3v) is 8.91. The van der Waals surface area contributed by atoms with Gasteiger partial charge in [0.05, 0.1) is 12.0 Å². The minimum Gasteiger partial charge on any atom is -0.480 e. The molecule has 232 valence electrons. The van der Waals surface area contributed by atoms with E-state index in [1.165, 1.54) is 11.1 Å². The zero-order valence-electron chi connectivity index (χ0n) is 25.6. The first-order valence-electron chi connectivity index (χ1n) is 15.6. The van der Waals surface area contributed by atoms with Crippen molar-refractivity contribution in [1.29, 1.82) is 0 Å². The Morgan fingerprint density at radius 3 is 1.96 bits per heavy atom. The molecule has 1 heterocycles. The first-order chi connectivity index (χ1) is 23.0. The molecule has 7 heteroatoms. The van der Waals surface area contributed by atoms with Gasteiger partial charge < -0.3 is 19.7 Å². The van der Waals surface area contributed by atoms with Gasteiger partial charge in [0, 0.05) is 12.6 Å². The molecule has 1 aliphatic carbocycles. The average molecular weight is 620 g/mol. The number of nitrogens with zero attached hydrogens (tertiary/aromatic N) is 2. The molecule has 2 N–H and O–H groups in total. The monoisotopic (exact) mass is 619 g/mol. The molecule has 1 aliphatic rings. The molecule has 0 aliphatic heterocycles. The van der Waals surface area contributed by atoms with Crippen molar-refractivity contribution >= 4 is 12.1 Å². The van der Waals surface area contributed by atoms with Crippen LogP contribution in [0.2, 0.25) is 0 Å². The number of alkyl carbamates (subject to hydrolysis) is 1. The van der Waals surface area contributed by atoms with E-state index in [1.807, 2.05) is 89.6 Å². The maximum atomic E-state index is 12.9. The number of amides is 1. The van der Waals surface area contributed by atoms with E-state index in [1.54, 1.807) is 6.33 Å². The molecule has 1 amide bonds. The van der Waals surface area contributed by atoms with Crippen LogP contribution in [0.15, 0.2) is 146 Å². The van der Waals surface area contributed by atoms with E-state index in [0.717, 1.165) is 39.8 Å². The Labute approximate surface area is 273 Å². The van der Waals surface area contributed by atoms with Crippen molar-refractivity contribution in [3.8, 4) is 11.1 Å². The lowest BCUT2D eigenvalue weighted by Gasteiger charge is -2.37. The van der Waals surface area contributed by atoms with Crippen molar-refractivity contribution in [2.24, 2.45) is 0 Å². The fourth-order valence-corrected chi connectivity index (χ4v) is 6.73. The highest BCUT2D eigenvalue weighted by molar-refractivity contribution is 5.80. The minimum atomic E-state index is -1.24. The van der Waals surface area contributed by atoms with E-state index in [2.05, 4.69) is 64.9 Å². The molecule has 0 bridgehead atoms. The van der Waals surface area contributed by atoms with Crippen LogP contribution in [0, 0.1) is 0 Å². The molecule has 0 fully saturated rings. The Morgan fingerprint density at radius 1 is 0.766 bits per heavy atom. The van der Waals surface area contributed by atoms with Crippen molar-refractivity contribution in [1.82, 2.24) is 14.9 Å². The number of hydrogen-bond donors (Lipinski definition) is 2. The molecule has 1 aromatic heterocycles. The highest BCUT2D eigenvalue weighted by Crippen LogP contribution is 2.41. The van der Waals surface area contributed by atoms with Crippen LogP contribution in [0.5, 0.6) is 0 Å². The maximum absolute atomic E-state index is 12.9. The van der Waals surface area contributed by atoms with Gasteiger partial charge in [-0.3, -0.25) is 0 Å². The molecular weight excluding hydrogens is 586 g/mol. The number of ether oxygens (including phenoxy) is 1. The van der Waals surface area contributed by atoms with Crippen LogP contribution in [0.25, 0.3) is 11.1 Å². The van der Waals surface area contributed by atoms with Crippen LogP contribution in [0.1, 0.15) is 39.1 Å². The van der Waals surface area contributed by atoms with Crippen molar-refractivity contribution < 1.29 is 19.4 Å². The Morgan fingerprint density at radius 2 is 1.34 bits per heavy atom. The van der Waals surface area contributed by atoms with Crippen LogP contribution in [0.4, 0.5) is 4.79 Å². The molecular formula is C40H33N3O4. The summed E-state index contributed by atoms with van der Waals surface area (Å²) in [6.07, 6.45) is 3.54. The van der Waals surface area contributed by atoms with Crippen LogP contribution < -0.4 is 5.32 Å². The smallest absolute Gasteiger partial charge is 0.408 e. The van der Waals surface area contributed by atoms with Crippen molar-refractivity contribution in [3.05, 3.63) is 185 Å². The summed E-state index contributed by atoms with van der Waals surface area (Å²) in [6.45, 7) is 0.0394. The van der Waals surface area contributed by atoms with Gasteiger partial charge in [-0.05, 0) is 50.9 Å². The lowest BCUT2D eigenvalue weighted by molar-refractivity contribution is -0.139. The standard InChI is InChI=1S/C40H33N3O4/c44-38(45)37(42-39(46)47-26-29-14-12-22-35-34-21-11-10-13-28(34)23-36(29)35)24-33-25-43(27-41-33)40(30-15-4-1-5-16-30,31-17-6-2-7-18-31)32-19-8-3-9-20-32/h1-22,25,27,37H,23-24,26H2,(H,42,46)(H,44,45). The van der Waals surface area contributed by atoms with Gasteiger partial charge in [-0.2, -0.15) is 0 Å². The molecule has 0 saturated heterocycles. The number of aromatic nitrogens is 2. The van der Waals surface area contributed by atoms with Gasteiger partial charge in [0.2, 0.25) is 0 Å². The number of benzene rings is 5. The van der Waals surface area contributed by atoms with Crippen molar-refractivity contribution in [2.75, 3.05) is 0 Å². The summed E-state index contributed by atoms with van der Waals surface area (Å²) in [6, 6.07) is 43.4. The second-order valence-corrected chi connectivity index (χ2v) is 11.7. The Bertz CT molecular complexity index is 1930. The van der Waals surface area contributed by atoms with Crippen molar-refractivity contribution in [3.63, 3.8) is 0 Å². The van der Waals surface area contributed by atoms with Gasteiger partial charge in [-0.15, -0.1) is 0 Å². The lowest BCUT2D eigenvalue weighted by atomic mass is 9.77. The summed E-state index contributed by atoms with van der Waals surface area (Å²) in [4.78, 5) is 29.9. The van der Waals surface area contributed by atoms with E-state index < -0.39 is 23.6 Å². The fraction of sp³-hybridized carbons (Fsp3) is 0.125. The lowest BCUT2D eigenvalue weighted by Crippen LogP contribution is -2.42. The van der Waals surface area contributed by atoms with Crippen LogP contribution in [0.3, 0.4) is 0 Å². The highest BCUT2D eigenvalue weighted by Gasteiger charge is 2.38. The summed E-state index contributed by atoms with van der Waals surface area (Å²) in [5, 5.41) is 12.6. The van der Waals surface area contributed by atoms with Crippen LogP contribution in [-0.2, 0) is 34.5 Å². The van der Waals surface area contributed by atoms with Crippen molar-refractivity contribution in [2.45, 2.75) is 31.0 Å². The summed E-state index contributed by atoms with van der Waals surface area (Å²) < 4.78 is 7.59. The van der Waals surface area contributed by atoms with Gasteiger partial charge in [0.1, 0.15) is 18.2 Å². The molecule has 1 unspecified atom stereocenters. The zero-order valence-corrected chi connectivity index (χ0v) is 25.6. The third kappa shape index (κ3) is 5.68. The second-order valence-electron chi connectivity index (χ2n) is 11.7. The molecule has 47 heavy (non-hydrogen) atoms. The molecule has 0 radical (unpaired) electrons. The summed E-state index contributed by atoms with van der Waals surface area (Å²) in [7, 11) is 0. The van der Waals surface area contributed by atoms with Gasteiger partial charge in [-0.1, -0.05) is 133 Å². The number of carbonyl (C=O) groups is 2. The molecule has 7 rings (SSSR count). The number of carboxylic acids is 1. The average Bonchev–Trinajstić information content (AvgIpc) is 3.74. The quantitative estimate of drug-likeness (QED) is 0.158. The summed E-state index contributed by atoms with van der Waals surface area (Å²) >= 11 is 0. The molecule has 1 atom stereocenters. The van der Waals surface area contributed by atoms with Gasteiger partial charge in [-0.25, -0.2) is 14.6 Å². The van der Waals surface area contributed by atoms with E-state index >= 15 is 0 Å². The Balaban J connectivity index is 1.13. The second kappa shape index (κ2) is 12.8. The van der Waals surface area contributed by atoms with Gasteiger partial charge in [0.25, 0.3) is 0 Å². The van der Waals surface area contributed by atoms with E-state index in [0.29, 0.717) is 5.69 Å². The maximum Gasteiger partial charge on any atom is 0.408 e. The van der Waals surface area contributed by atoms with Gasteiger partial charge in [0.15, 0.2) is 0 Å². The first-order valence-corrected chi connectivity index (χ1v) is 15.6. The molecule has 0 saturated carbocycles. The Hall–Kier alpha value is -5.95. The number of rotatable bonds is 10. The first kappa shape index (κ1) is 29.7. The third-order valence-electron chi connectivity index (χ3n) is 8.91. The van der Waals surface area contributed by atoms with Gasteiger partial charge >= 0.3 is 12.1 Å². The normalized spacial score (nSPS) is 12.5. The molecule has 6 aromatic rings. The van der Waals surface area contributed by atoms with Crippen LogP contribution >= 0.6 is 0 Å². The highest BCUT2D eigenvalue weighted by atomic mass is 16.5. The van der Waals surface area contributed by atoms with E-state index in [-0.39, 0.29) is 13.0 Å². The topological polar surface area (TPSA) is 93.5 Å². The molecule has 0 spiro atoms. The minimum absolute atomic E-state index is 0.0259. The number of carboxylic acid groups (broad SMARTS) is 1. The number of carbonyl (C=O) groups excluding carboxylic acids is 1. The molecule has 5 aromatic carbocycles. The molecule has 7 nitrogen and oxygen atoms in total. The van der Waals surface area contributed by atoms with E-state index in [4.69, 9.17) is 4.74 Å². The fourth-order valence-electron chi connectivity index (χ4n) is 6.73. The number of hydrogen-bond acceptors (Lipinski definition) is 4. The number of fused-ring (bicyclic) bond motifs is 3. The summed E-state index contributed by atoms with van der Waals surface area (Å²) in [5.41, 5.74) is 8.39. The SMILES string of the molecule is O=C(NC(Cc1cn(C(c2ccccc2)(c2ccccc2)c2ccccc2)cn1)C(=O)O)OCc1cccc2c1Cc1ccccc1-2. The number of nitrogens with one attached hydrogen (secondary N) is 1. The predicted molar refractivity (Wildman–Crippen MR) is 180 cm³/mol. The number of aliphatic carboxylic acids is 1. The zero-order chi connectivity index (χ0) is 32.2. The number of imidazole rings is 1. The largest absolute Gasteiger partial charge is 0.480 e. The Kier molecular flexibility index (Phi) is 8.11. The summed E-state index contributed by atoms with van der Waals surface area (Å²) in [5.74, 6) is -1.17. The predicted octanol–water partition coefficient (Wildman–Crippen LogP) is 7.22.